The van der Waals surface area contributed by atoms with Crippen molar-refractivity contribution in [1.82, 2.24) is 5.32 Å². The number of nitrogens with one attached hydrogen (secondary N) is 1. The van der Waals surface area contributed by atoms with Crippen LogP contribution in [0.4, 0.5) is 26.3 Å². The van der Waals surface area contributed by atoms with Gasteiger partial charge in [0.2, 0.25) is 5.91 Å². The van der Waals surface area contributed by atoms with Crippen LogP contribution in [0.2, 0.25) is 15.1 Å². The van der Waals surface area contributed by atoms with E-state index in [2.05, 4.69) is 0 Å². The van der Waals surface area contributed by atoms with Gasteiger partial charge in [-0.25, -0.2) is 0 Å². The first-order valence-electron chi connectivity index (χ1n) is 11.2. The molecule has 0 heterocycles. The monoisotopic (exact) mass is 601 g/mol. The van der Waals surface area contributed by atoms with Crippen molar-refractivity contribution >= 4 is 52.6 Å². The number of amides is 1. The van der Waals surface area contributed by atoms with Crippen molar-refractivity contribution in [2.75, 3.05) is 6.54 Å². The van der Waals surface area contributed by atoms with Crippen molar-refractivity contribution in [2.24, 2.45) is 5.41 Å². The fourth-order valence-electron chi connectivity index (χ4n) is 3.57. The highest BCUT2D eigenvalue weighted by Crippen LogP contribution is 2.41. The molecule has 2 rings (SSSR count). The molecule has 3 nitrogen and oxygen atoms in total. The summed E-state index contributed by atoms with van der Waals surface area (Å²) >= 11 is 17.6. The van der Waals surface area contributed by atoms with E-state index >= 15 is 0 Å². The van der Waals surface area contributed by atoms with E-state index in [9.17, 15) is 35.9 Å². The van der Waals surface area contributed by atoms with E-state index in [-0.39, 0.29) is 44.8 Å². The second kappa shape index (κ2) is 12.3. The third kappa shape index (κ3) is 8.92. The van der Waals surface area contributed by atoms with Crippen molar-refractivity contribution < 1.29 is 35.9 Å². The molecule has 0 fully saturated rings. The third-order valence-electron chi connectivity index (χ3n) is 5.79. The van der Waals surface area contributed by atoms with Crippen molar-refractivity contribution in [3.05, 3.63) is 73.7 Å². The van der Waals surface area contributed by atoms with Gasteiger partial charge in [-0.05, 0) is 42.2 Å². The predicted molar refractivity (Wildman–Crippen MR) is 137 cm³/mol. The van der Waals surface area contributed by atoms with Gasteiger partial charge >= 0.3 is 12.4 Å². The van der Waals surface area contributed by atoms with Crippen LogP contribution >= 0.6 is 34.8 Å². The molecular weight excluding hydrogens is 579 g/mol. The summed E-state index contributed by atoms with van der Waals surface area (Å²) < 4.78 is 78.4. The highest BCUT2D eigenvalue weighted by Gasteiger charge is 2.39. The first-order valence-corrected chi connectivity index (χ1v) is 12.3. The maximum Gasteiger partial charge on any atom is 0.405 e. The molecule has 2 aromatic carbocycles. The number of halogens is 9. The number of Topliss-reactive ketones (excluding diaryl/α,β-unsaturated/α-hetero) is 1. The standard InChI is InChI=1S/C26H24Cl3F6NO2/c1-14-10-15(5-7-18(26(33,34)35)16-11-19(27)22(29)20(28)12-16)4-6-17(14)21(37)8-9-24(2,3)23(38)36-13-25(30,31)32/h4-7,10-12,18H,8-9,13H2,1-3H3,(H,36,38)/b7-5+. The van der Waals surface area contributed by atoms with Crippen molar-refractivity contribution in [2.45, 2.75) is 51.9 Å². The number of benzene rings is 2. The molecule has 12 heteroatoms. The van der Waals surface area contributed by atoms with Crippen LogP contribution in [0.1, 0.15) is 59.7 Å². The summed E-state index contributed by atoms with van der Waals surface area (Å²) in [4.78, 5) is 24.8. The molecule has 1 amide bonds. The second-order valence-corrected chi connectivity index (χ2v) is 10.5. The molecule has 0 aromatic heterocycles. The van der Waals surface area contributed by atoms with Gasteiger partial charge in [0.15, 0.2) is 5.78 Å². The van der Waals surface area contributed by atoms with Gasteiger partial charge in [0, 0.05) is 17.4 Å². The highest BCUT2D eigenvalue weighted by atomic mass is 35.5. The van der Waals surface area contributed by atoms with E-state index in [1.165, 1.54) is 38.1 Å². The molecule has 0 bridgehead atoms. The van der Waals surface area contributed by atoms with Crippen LogP contribution in [0.3, 0.4) is 0 Å². The number of hydrogen-bond acceptors (Lipinski definition) is 2. The van der Waals surface area contributed by atoms with Crippen LogP contribution in [0.5, 0.6) is 0 Å². The quantitative estimate of drug-likeness (QED) is 0.177. The molecule has 208 valence electrons. The molecule has 2 aromatic rings. The number of hydrogen-bond donors (Lipinski definition) is 1. The van der Waals surface area contributed by atoms with Gasteiger partial charge in [0.05, 0.1) is 21.0 Å². The van der Waals surface area contributed by atoms with Crippen LogP contribution in [-0.4, -0.2) is 30.6 Å². The zero-order chi connectivity index (χ0) is 29.1. The zero-order valence-corrected chi connectivity index (χ0v) is 22.7. The van der Waals surface area contributed by atoms with Crippen LogP contribution < -0.4 is 5.32 Å². The van der Waals surface area contributed by atoms with Crippen molar-refractivity contribution in [3.63, 3.8) is 0 Å². The fraction of sp³-hybridized carbons (Fsp3) is 0.385. The minimum Gasteiger partial charge on any atom is -0.347 e. The average molecular weight is 603 g/mol. The van der Waals surface area contributed by atoms with Gasteiger partial charge in [-0.2, -0.15) is 26.3 Å². The van der Waals surface area contributed by atoms with Gasteiger partial charge in [0.25, 0.3) is 0 Å². The van der Waals surface area contributed by atoms with Crippen LogP contribution in [-0.2, 0) is 4.79 Å². The lowest BCUT2D eigenvalue weighted by Gasteiger charge is -2.23. The Morgan fingerprint density at radius 3 is 2.05 bits per heavy atom. The molecule has 0 radical (unpaired) electrons. The maximum absolute atomic E-state index is 13.8. The van der Waals surface area contributed by atoms with Gasteiger partial charge in [0.1, 0.15) is 6.54 Å². The largest absolute Gasteiger partial charge is 0.405 e. The Balaban J connectivity index is 2.16. The van der Waals surface area contributed by atoms with E-state index in [1.54, 1.807) is 6.92 Å². The molecule has 0 aliphatic carbocycles. The first kappa shape index (κ1) is 32.0. The number of ketones is 1. The number of aryl methyl sites for hydroxylation is 1. The summed E-state index contributed by atoms with van der Waals surface area (Å²) in [5.41, 5.74) is -0.253. The van der Waals surface area contributed by atoms with E-state index < -0.39 is 36.1 Å². The smallest absolute Gasteiger partial charge is 0.347 e. The molecule has 1 atom stereocenters. The number of allylic oxidation sites excluding steroid dienone is 1. The van der Waals surface area contributed by atoms with Gasteiger partial charge in [-0.3, -0.25) is 9.59 Å². The van der Waals surface area contributed by atoms with Gasteiger partial charge < -0.3 is 5.32 Å². The predicted octanol–water partition coefficient (Wildman–Crippen LogP) is 8.98. The maximum atomic E-state index is 13.8. The molecule has 0 spiro atoms. The summed E-state index contributed by atoms with van der Waals surface area (Å²) in [6, 6.07) is 6.63. The lowest BCUT2D eigenvalue weighted by molar-refractivity contribution is -0.143. The summed E-state index contributed by atoms with van der Waals surface area (Å²) in [6.45, 7) is 3.01. The molecule has 0 saturated heterocycles. The third-order valence-corrected chi connectivity index (χ3v) is 6.99. The normalized spacial score (nSPS) is 13.6. The molecule has 0 aliphatic rings. The Labute approximate surface area is 231 Å². The topological polar surface area (TPSA) is 46.2 Å². The molecule has 1 unspecified atom stereocenters. The molecular formula is C26H24Cl3F6NO2. The highest BCUT2D eigenvalue weighted by molar-refractivity contribution is 6.48. The Morgan fingerprint density at radius 1 is 0.974 bits per heavy atom. The van der Waals surface area contributed by atoms with E-state index in [1.807, 2.05) is 5.32 Å². The number of alkyl halides is 6. The number of rotatable bonds is 9. The Kier molecular flexibility index (Phi) is 10.4. The summed E-state index contributed by atoms with van der Waals surface area (Å²) in [7, 11) is 0. The molecule has 0 aliphatic heterocycles. The van der Waals surface area contributed by atoms with Crippen LogP contribution in [0.25, 0.3) is 6.08 Å². The van der Waals surface area contributed by atoms with Gasteiger partial charge in [-0.15, -0.1) is 0 Å². The molecule has 0 saturated carbocycles. The first-order chi connectivity index (χ1) is 17.3. The number of carbonyl (C=O) groups excluding carboxylic acids is 2. The Bertz CT molecular complexity index is 1200. The molecule has 38 heavy (non-hydrogen) atoms. The second-order valence-electron chi connectivity index (χ2n) is 9.36. The van der Waals surface area contributed by atoms with Crippen molar-refractivity contribution in [1.29, 1.82) is 0 Å². The van der Waals surface area contributed by atoms with E-state index in [0.717, 1.165) is 18.2 Å². The number of carbonyl (C=O) groups is 2. The Hall–Kier alpha value is -2.23. The average Bonchev–Trinajstić information content (AvgIpc) is 2.78. The van der Waals surface area contributed by atoms with Crippen molar-refractivity contribution in [3.8, 4) is 0 Å². The van der Waals surface area contributed by atoms with Crippen LogP contribution in [0, 0.1) is 12.3 Å². The Morgan fingerprint density at radius 2 is 1.55 bits per heavy atom. The van der Waals surface area contributed by atoms with E-state index in [4.69, 9.17) is 34.8 Å². The van der Waals surface area contributed by atoms with Gasteiger partial charge in [-0.1, -0.05) is 79.0 Å². The minimum absolute atomic E-state index is 0.00388. The lowest BCUT2D eigenvalue weighted by atomic mass is 9.84. The summed E-state index contributed by atoms with van der Waals surface area (Å²) in [6.07, 6.45) is -7.13. The zero-order valence-electron chi connectivity index (χ0n) is 20.5. The molecule has 1 N–H and O–H groups in total. The minimum atomic E-state index is -4.65. The SMILES string of the molecule is Cc1cc(/C=C/C(c2cc(Cl)c(Cl)c(Cl)c2)C(F)(F)F)ccc1C(=O)CCC(C)(C)C(=O)NCC(F)(F)F. The van der Waals surface area contributed by atoms with E-state index in [0.29, 0.717) is 11.1 Å². The fourth-order valence-corrected chi connectivity index (χ4v) is 4.18. The van der Waals surface area contributed by atoms with Crippen LogP contribution in [0.15, 0.2) is 36.4 Å². The summed E-state index contributed by atoms with van der Waals surface area (Å²) in [5, 5.41) is 1.53. The summed E-state index contributed by atoms with van der Waals surface area (Å²) in [5.74, 6) is -3.21. The lowest BCUT2D eigenvalue weighted by Crippen LogP contribution is -2.41.